The van der Waals surface area contributed by atoms with E-state index in [2.05, 4.69) is 34.5 Å². The second-order valence-corrected chi connectivity index (χ2v) is 6.99. The van der Waals surface area contributed by atoms with Gasteiger partial charge in [0, 0.05) is 39.9 Å². The molecule has 0 spiro atoms. The lowest BCUT2D eigenvalue weighted by Gasteiger charge is -2.24. The molecule has 0 aromatic heterocycles. The number of carbonyl (C=O) groups is 1. The number of rotatable bonds is 7. The Labute approximate surface area is 140 Å². The van der Waals surface area contributed by atoms with E-state index in [0.29, 0.717) is 6.54 Å². The standard InChI is InChI=1S/C18H31N3O2/c1-18(2,3)23-17(22)21(6)13-7-12-19-14-15-8-10-16(11-9-15)20(4)5/h8-11,19H,7,12-14H2,1-6H3. The number of amides is 1. The quantitative estimate of drug-likeness (QED) is 0.784. The summed E-state index contributed by atoms with van der Waals surface area (Å²) in [4.78, 5) is 15.5. The van der Waals surface area contributed by atoms with Gasteiger partial charge in [-0.05, 0) is 51.4 Å². The molecule has 0 bridgehead atoms. The van der Waals surface area contributed by atoms with Gasteiger partial charge >= 0.3 is 6.09 Å². The molecule has 1 aromatic carbocycles. The van der Waals surface area contributed by atoms with Crippen molar-refractivity contribution >= 4 is 11.8 Å². The van der Waals surface area contributed by atoms with Crippen LogP contribution in [0.4, 0.5) is 10.5 Å². The Morgan fingerprint density at radius 1 is 1.13 bits per heavy atom. The first kappa shape index (κ1) is 19.3. The predicted molar refractivity (Wildman–Crippen MR) is 96.0 cm³/mol. The van der Waals surface area contributed by atoms with Crippen molar-refractivity contribution in [1.29, 1.82) is 0 Å². The molecule has 0 heterocycles. The molecule has 0 aliphatic heterocycles. The number of ether oxygens (including phenoxy) is 1. The van der Waals surface area contributed by atoms with Crippen molar-refractivity contribution in [3.8, 4) is 0 Å². The summed E-state index contributed by atoms with van der Waals surface area (Å²) in [7, 11) is 5.84. The van der Waals surface area contributed by atoms with Gasteiger partial charge in [-0.2, -0.15) is 0 Å². The summed E-state index contributed by atoms with van der Waals surface area (Å²) in [6, 6.07) is 8.50. The Morgan fingerprint density at radius 3 is 2.26 bits per heavy atom. The molecule has 0 aliphatic rings. The molecular weight excluding hydrogens is 290 g/mol. The second-order valence-electron chi connectivity index (χ2n) is 6.99. The molecule has 5 heteroatoms. The van der Waals surface area contributed by atoms with Gasteiger partial charge in [-0.15, -0.1) is 0 Å². The summed E-state index contributed by atoms with van der Waals surface area (Å²) in [5.74, 6) is 0. The summed E-state index contributed by atoms with van der Waals surface area (Å²) in [6.07, 6.45) is 0.627. The molecule has 0 unspecified atom stereocenters. The number of carbonyl (C=O) groups excluding carboxylic acids is 1. The fraction of sp³-hybridized carbons (Fsp3) is 0.611. The SMILES string of the molecule is CN(CCCNCc1ccc(N(C)C)cc1)C(=O)OC(C)(C)C. The van der Waals surface area contributed by atoms with Crippen LogP contribution in [0.5, 0.6) is 0 Å². The zero-order chi connectivity index (χ0) is 17.5. The molecule has 130 valence electrons. The third-order valence-corrected chi connectivity index (χ3v) is 3.33. The van der Waals surface area contributed by atoms with Crippen molar-refractivity contribution < 1.29 is 9.53 Å². The molecule has 1 aromatic rings. The van der Waals surface area contributed by atoms with Crippen LogP contribution in [-0.4, -0.2) is 50.8 Å². The average Bonchev–Trinajstić information content (AvgIpc) is 2.45. The largest absolute Gasteiger partial charge is 0.444 e. The van der Waals surface area contributed by atoms with Crippen molar-refractivity contribution in [2.24, 2.45) is 0 Å². The minimum atomic E-state index is -0.442. The van der Waals surface area contributed by atoms with Crippen LogP contribution < -0.4 is 10.2 Å². The summed E-state index contributed by atoms with van der Waals surface area (Å²) >= 11 is 0. The molecule has 0 radical (unpaired) electrons. The summed E-state index contributed by atoms with van der Waals surface area (Å²) in [6.45, 7) is 8.01. The number of hydrogen-bond acceptors (Lipinski definition) is 4. The first-order valence-electron chi connectivity index (χ1n) is 8.10. The molecule has 0 saturated heterocycles. The van der Waals surface area contributed by atoms with E-state index in [9.17, 15) is 4.79 Å². The van der Waals surface area contributed by atoms with Gasteiger partial charge in [0.1, 0.15) is 5.60 Å². The molecule has 23 heavy (non-hydrogen) atoms. The minimum absolute atomic E-state index is 0.267. The van der Waals surface area contributed by atoms with Crippen LogP contribution in [0.1, 0.15) is 32.8 Å². The van der Waals surface area contributed by atoms with Crippen molar-refractivity contribution in [2.75, 3.05) is 39.1 Å². The van der Waals surface area contributed by atoms with Crippen LogP contribution in [0.15, 0.2) is 24.3 Å². The lowest BCUT2D eigenvalue weighted by atomic mass is 10.2. The Bertz CT molecular complexity index is 478. The third-order valence-electron chi connectivity index (χ3n) is 3.33. The molecule has 0 aliphatic carbocycles. The van der Waals surface area contributed by atoms with Gasteiger partial charge in [0.15, 0.2) is 0 Å². The minimum Gasteiger partial charge on any atom is -0.444 e. The molecule has 5 nitrogen and oxygen atoms in total. The van der Waals surface area contributed by atoms with Gasteiger partial charge in [-0.25, -0.2) is 4.79 Å². The number of benzene rings is 1. The molecule has 0 atom stereocenters. The van der Waals surface area contributed by atoms with Crippen LogP contribution in [0.3, 0.4) is 0 Å². The van der Waals surface area contributed by atoms with Crippen molar-refractivity contribution in [3.05, 3.63) is 29.8 Å². The number of hydrogen-bond donors (Lipinski definition) is 1. The van der Waals surface area contributed by atoms with E-state index in [0.717, 1.165) is 19.5 Å². The highest BCUT2D eigenvalue weighted by atomic mass is 16.6. The van der Waals surface area contributed by atoms with Gasteiger partial charge in [-0.3, -0.25) is 0 Å². The maximum Gasteiger partial charge on any atom is 0.410 e. The molecule has 1 amide bonds. The Kier molecular flexibility index (Phi) is 7.36. The van der Waals surface area contributed by atoms with Crippen LogP contribution in [0.2, 0.25) is 0 Å². The Hall–Kier alpha value is -1.75. The monoisotopic (exact) mass is 321 g/mol. The maximum atomic E-state index is 11.8. The lowest BCUT2D eigenvalue weighted by molar-refractivity contribution is 0.0297. The zero-order valence-corrected chi connectivity index (χ0v) is 15.3. The highest BCUT2D eigenvalue weighted by Crippen LogP contribution is 2.12. The van der Waals surface area contributed by atoms with Crippen molar-refractivity contribution in [3.63, 3.8) is 0 Å². The highest BCUT2D eigenvalue weighted by Gasteiger charge is 2.18. The topological polar surface area (TPSA) is 44.8 Å². The molecule has 0 fully saturated rings. The van der Waals surface area contributed by atoms with E-state index in [1.165, 1.54) is 11.3 Å². The van der Waals surface area contributed by atoms with Crippen molar-refractivity contribution in [2.45, 2.75) is 39.3 Å². The van der Waals surface area contributed by atoms with Gasteiger partial charge in [-0.1, -0.05) is 12.1 Å². The average molecular weight is 321 g/mol. The summed E-state index contributed by atoms with van der Waals surface area (Å²) in [5.41, 5.74) is 2.02. The number of nitrogens with zero attached hydrogens (tertiary/aromatic N) is 2. The van der Waals surface area contributed by atoms with E-state index in [4.69, 9.17) is 4.74 Å². The van der Waals surface area contributed by atoms with Crippen LogP contribution in [-0.2, 0) is 11.3 Å². The summed E-state index contributed by atoms with van der Waals surface area (Å²) in [5, 5.41) is 3.40. The zero-order valence-electron chi connectivity index (χ0n) is 15.3. The van der Waals surface area contributed by atoms with Crippen LogP contribution in [0, 0.1) is 0 Å². The Balaban J connectivity index is 2.21. The summed E-state index contributed by atoms with van der Waals surface area (Å²) < 4.78 is 5.32. The van der Waals surface area contributed by atoms with E-state index < -0.39 is 5.60 Å². The van der Waals surface area contributed by atoms with Crippen molar-refractivity contribution in [1.82, 2.24) is 10.2 Å². The van der Waals surface area contributed by atoms with E-state index >= 15 is 0 Å². The molecule has 1 rings (SSSR count). The molecule has 1 N–H and O–H groups in total. The lowest BCUT2D eigenvalue weighted by Crippen LogP contribution is -2.35. The Morgan fingerprint density at radius 2 is 1.74 bits per heavy atom. The number of anilines is 1. The highest BCUT2D eigenvalue weighted by molar-refractivity contribution is 5.67. The number of nitrogens with one attached hydrogen (secondary N) is 1. The van der Waals surface area contributed by atoms with Crippen LogP contribution >= 0.6 is 0 Å². The smallest absolute Gasteiger partial charge is 0.410 e. The second kappa shape index (κ2) is 8.77. The van der Waals surface area contributed by atoms with E-state index in [-0.39, 0.29) is 6.09 Å². The third kappa shape index (κ3) is 7.88. The molecule has 0 saturated carbocycles. The predicted octanol–water partition coefficient (Wildman–Crippen LogP) is 3.10. The first-order chi connectivity index (χ1) is 10.7. The maximum absolute atomic E-state index is 11.8. The van der Waals surface area contributed by atoms with Gasteiger partial charge in [0.25, 0.3) is 0 Å². The van der Waals surface area contributed by atoms with E-state index in [1.54, 1.807) is 11.9 Å². The van der Waals surface area contributed by atoms with Crippen LogP contribution in [0.25, 0.3) is 0 Å². The van der Waals surface area contributed by atoms with Gasteiger partial charge < -0.3 is 19.9 Å². The van der Waals surface area contributed by atoms with E-state index in [1.807, 2.05) is 34.9 Å². The fourth-order valence-corrected chi connectivity index (χ4v) is 2.02. The fourth-order valence-electron chi connectivity index (χ4n) is 2.02. The van der Waals surface area contributed by atoms with Gasteiger partial charge in [0.2, 0.25) is 0 Å². The normalized spacial score (nSPS) is 11.2. The first-order valence-corrected chi connectivity index (χ1v) is 8.10. The molecular formula is C18H31N3O2. The van der Waals surface area contributed by atoms with Gasteiger partial charge in [0.05, 0.1) is 0 Å².